The van der Waals surface area contributed by atoms with Crippen molar-refractivity contribution in [3.63, 3.8) is 0 Å². The fourth-order valence-corrected chi connectivity index (χ4v) is 2.09. The summed E-state index contributed by atoms with van der Waals surface area (Å²) in [5.41, 5.74) is 0.866. The molecule has 1 heterocycles. The van der Waals surface area contributed by atoms with Gasteiger partial charge in [0.15, 0.2) is 5.82 Å². The predicted molar refractivity (Wildman–Crippen MR) is 73.2 cm³/mol. The highest BCUT2D eigenvalue weighted by Crippen LogP contribution is 2.35. The molecular formula is C12H20BrN3O. The van der Waals surface area contributed by atoms with Crippen LogP contribution >= 0.6 is 15.9 Å². The van der Waals surface area contributed by atoms with E-state index in [2.05, 4.69) is 52.0 Å². The number of halogens is 1. The smallest absolute Gasteiger partial charge is 0.160 e. The van der Waals surface area contributed by atoms with Crippen LogP contribution in [0.5, 0.6) is 0 Å². The fraction of sp³-hybridized carbons (Fsp3) is 0.667. The van der Waals surface area contributed by atoms with E-state index in [9.17, 15) is 0 Å². The Hall–Kier alpha value is -0.680. The van der Waals surface area contributed by atoms with Crippen molar-refractivity contribution in [1.29, 1.82) is 0 Å². The zero-order chi connectivity index (χ0) is 13.2. The number of aryl methyl sites for hydroxylation is 1. The number of rotatable bonds is 3. The van der Waals surface area contributed by atoms with E-state index >= 15 is 0 Å². The molecule has 4 nitrogen and oxygen atoms in total. The molecule has 1 aromatic heterocycles. The fourth-order valence-electron chi connectivity index (χ4n) is 1.71. The maximum absolute atomic E-state index is 5.53. The Morgan fingerprint density at radius 1 is 1.29 bits per heavy atom. The summed E-state index contributed by atoms with van der Waals surface area (Å²) in [6.07, 6.45) is -0.124. The maximum Gasteiger partial charge on any atom is 0.160 e. The number of methoxy groups -OCH3 is 1. The molecule has 0 saturated carbocycles. The molecule has 0 aliphatic heterocycles. The third kappa shape index (κ3) is 3.16. The standard InChI is InChI=1S/C12H20BrN3O/c1-7-8(13)10(14-5)16-11(15-7)9(17-6)12(2,3)4/h9H,1-6H3,(H,14,15,16). The van der Waals surface area contributed by atoms with Crippen LogP contribution in [0.15, 0.2) is 4.47 Å². The Labute approximate surface area is 111 Å². The van der Waals surface area contributed by atoms with Crippen molar-refractivity contribution in [2.75, 3.05) is 19.5 Å². The Balaban J connectivity index is 3.26. The number of hydrogen-bond acceptors (Lipinski definition) is 4. The van der Waals surface area contributed by atoms with E-state index < -0.39 is 0 Å². The summed E-state index contributed by atoms with van der Waals surface area (Å²) < 4.78 is 6.42. The van der Waals surface area contributed by atoms with Gasteiger partial charge < -0.3 is 10.1 Å². The molecule has 0 spiro atoms. The molecule has 1 rings (SSSR count). The predicted octanol–water partition coefficient (Wildman–Crippen LogP) is 3.32. The number of nitrogens with one attached hydrogen (secondary N) is 1. The molecule has 0 radical (unpaired) electrons. The molecule has 1 unspecified atom stereocenters. The van der Waals surface area contributed by atoms with Crippen LogP contribution in [-0.4, -0.2) is 24.1 Å². The third-order valence-corrected chi connectivity index (χ3v) is 3.48. The van der Waals surface area contributed by atoms with Gasteiger partial charge in [0, 0.05) is 14.2 Å². The zero-order valence-electron chi connectivity index (χ0n) is 11.3. The summed E-state index contributed by atoms with van der Waals surface area (Å²) in [6.45, 7) is 8.29. The van der Waals surface area contributed by atoms with Crippen LogP contribution in [0.2, 0.25) is 0 Å². The molecule has 0 saturated heterocycles. The van der Waals surface area contributed by atoms with E-state index in [4.69, 9.17) is 4.74 Å². The van der Waals surface area contributed by atoms with Gasteiger partial charge in [0.05, 0.1) is 10.2 Å². The molecule has 0 fully saturated rings. The summed E-state index contributed by atoms with van der Waals surface area (Å²) in [5.74, 6) is 1.50. The van der Waals surface area contributed by atoms with Gasteiger partial charge in [0.1, 0.15) is 11.9 Å². The van der Waals surface area contributed by atoms with Crippen molar-refractivity contribution in [2.45, 2.75) is 33.8 Å². The third-order valence-electron chi connectivity index (χ3n) is 2.53. The number of aromatic nitrogens is 2. The van der Waals surface area contributed by atoms with Gasteiger partial charge in [-0.1, -0.05) is 20.8 Å². The largest absolute Gasteiger partial charge is 0.373 e. The topological polar surface area (TPSA) is 47.0 Å². The normalized spacial score (nSPS) is 13.6. The van der Waals surface area contributed by atoms with Crippen LogP contribution < -0.4 is 5.32 Å². The van der Waals surface area contributed by atoms with Crippen LogP contribution in [-0.2, 0) is 4.74 Å². The molecule has 1 N–H and O–H groups in total. The Morgan fingerprint density at radius 2 is 1.88 bits per heavy atom. The van der Waals surface area contributed by atoms with Gasteiger partial charge in [-0.25, -0.2) is 9.97 Å². The first-order chi connectivity index (χ1) is 7.81. The Morgan fingerprint density at radius 3 is 2.29 bits per heavy atom. The minimum atomic E-state index is -0.124. The van der Waals surface area contributed by atoms with Crippen molar-refractivity contribution < 1.29 is 4.74 Å². The second-order valence-corrected chi connectivity index (χ2v) is 5.85. The lowest BCUT2D eigenvalue weighted by Crippen LogP contribution is -2.23. The first kappa shape index (κ1) is 14.4. The van der Waals surface area contributed by atoms with Gasteiger partial charge in [0.25, 0.3) is 0 Å². The van der Waals surface area contributed by atoms with E-state index in [1.54, 1.807) is 7.11 Å². The summed E-state index contributed by atoms with van der Waals surface area (Å²) in [5, 5.41) is 3.05. The number of nitrogens with zero attached hydrogens (tertiary/aromatic N) is 2. The molecular weight excluding hydrogens is 282 g/mol. The summed E-state index contributed by atoms with van der Waals surface area (Å²) in [4.78, 5) is 8.99. The van der Waals surface area contributed by atoms with Crippen molar-refractivity contribution in [2.24, 2.45) is 5.41 Å². The monoisotopic (exact) mass is 301 g/mol. The van der Waals surface area contributed by atoms with Crippen LogP contribution in [0, 0.1) is 12.3 Å². The minimum absolute atomic E-state index is 0.0416. The van der Waals surface area contributed by atoms with Gasteiger partial charge in [-0.15, -0.1) is 0 Å². The lowest BCUT2D eigenvalue weighted by Gasteiger charge is -2.28. The molecule has 0 aliphatic rings. The maximum atomic E-state index is 5.53. The number of hydrogen-bond donors (Lipinski definition) is 1. The number of anilines is 1. The van der Waals surface area contributed by atoms with Gasteiger partial charge >= 0.3 is 0 Å². The molecule has 0 aromatic carbocycles. The molecule has 96 valence electrons. The number of ether oxygens (including phenoxy) is 1. The van der Waals surface area contributed by atoms with E-state index in [1.807, 2.05) is 14.0 Å². The first-order valence-electron chi connectivity index (χ1n) is 5.55. The van der Waals surface area contributed by atoms with Crippen molar-refractivity contribution >= 4 is 21.7 Å². The van der Waals surface area contributed by atoms with Gasteiger partial charge in [-0.3, -0.25) is 0 Å². The molecule has 0 amide bonds. The van der Waals surface area contributed by atoms with Crippen LogP contribution in [0.1, 0.15) is 38.4 Å². The molecule has 1 aromatic rings. The van der Waals surface area contributed by atoms with Crippen LogP contribution in [0.3, 0.4) is 0 Å². The highest BCUT2D eigenvalue weighted by molar-refractivity contribution is 9.10. The molecule has 5 heteroatoms. The van der Waals surface area contributed by atoms with Gasteiger partial charge in [-0.2, -0.15) is 0 Å². The highest BCUT2D eigenvalue weighted by atomic mass is 79.9. The van der Waals surface area contributed by atoms with Crippen molar-refractivity contribution in [1.82, 2.24) is 9.97 Å². The summed E-state index contributed by atoms with van der Waals surface area (Å²) in [7, 11) is 3.53. The van der Waals surface area contributed by atoms with E-state index in [-0.39, 0.29) is 11.5 Å². The van der Waals surface area contributed by atoms with Crippen molar-refractivity contribution in [3.8, 4) is 0 Å². The van der Waals surface area contributed by atoms with E-state index in [0.717, 1.165) is 16.0 Å². The lowest BCUT2D eigenvalue weighted by atomic mass is 9.88. The van der Waals surface area contributed by atoms with Crippen molar-refractivity contribution in [3.05, 3.63) is 16.0 Å². The highest BCUT2D eigenvalue weighted by Gasteiger charge is 2.29. The SMILES string of the molecule is CNc1nc(C(OC)C(C)(C)C)nc(C)c1Br. The van der Waals surface area contributed by atoms with E-state index in [1.165, 1.54) is 0 Å². The Bertz CT molecular complexity index is 401. The molecule has 1 atom stereocenters. The first-order valence-corrected chi connectivity index (χ1v) is 6.35. The second kappa shape index (κ2) is 5.31. The van der Waals surface area contributed by atoms with E-state index in [0.29, 0.717) is 5.82 Å². The second-order valence-electron chi connectivity index (χ2n) is 5.06. The molecule has 0 aliphatic carbocycles. The molecule has 0 bridgehead atoms. The Kier molecular flexibility index (Phi) is 4.49. The average molecular weight is 302 g/mol. The van der Waals surface area contributed by atoms with Crippen LogP contribution in [0.4, 0.5) is 5.82 Å². The molecule has 17 heavy (non-hydrogen) atoms. The lowest BCUT2D eigenvalue weighted by molar-refractivity contribution is 0.00863. The summed E-state index contributed by atoms with van der Waals surface area (Å²) >= 11 is 3.47. The zero-order valence-corrected chi connectivity index (χ0v) is 12.8. The minimum Gasteiger partial charge on any atom is -0.373 e. The van der Waals surface area contributed by atoms with Gasteiger partial charge in [0.2, 0.25) is 0 Å². The van der Waals surface area contributed by atoms with Gasteiger partial charge in [-0.05, 0) is 28.3 Å². The van der Waals surface area contributed by atoms with Crippen LogP contribution in [0.25, 0.3) is 0 Å². The average Bonchev–Trinajstić information content (AvgIpc) is 2.21. The summed E-state index contributed by atoms with van der Waals surface area (Å²) in [6, 6.07) is 0. The quantitative estimate of drug-likeness (QED) is 0.930.